The molecule has 0 atom stereocenters. The number of hydrogen-bond acceptors (Lipinski definition) is 3. The molecule has 1 saturated carbocycles. The summed E-state index contributed by atoms with van der Waals surface area (Å²) in [7, 11) is -3.04. The average molecular weight is 348 g/mol. The number of carbonyl (C=O) groups excluding carboxylic acids is 1. The lowest BCUT2D eigenvalue weighted by molar-refractivity contribution is -0.122. The zero-order chi connectivity index (χ0) is 17.5. The fraction of sp³-hybridized carbons (Fsp3) is 0.500. The molecule has 0 bridgehead atoms. The Morgan fingerprint density at radius 2 is 2.00 bits per heavy atom. The molecule has 2 aromatic rings. The Morgan fingerprint density at radius 1 is 1.29 bits per heavy atom. The normalized spacial score (nSPS) is 16.3. The van der Waals surface area contributed by atoms with Crippen molar-refractivity contribution in [1.29, 1.82) is 0 Å². The van der Waals surface area contributed by atoms with Crippen molar-refractivity contribution in [2.75, 3.05) is 12.0 Å². The van der Waals surface area contributed by atoms with E-state index in [1.54, 1.807) is 0 Å². The summed E-state index contributed by atoms with van der Waals surface area (Å²) >= 11 is 0. The van der Waals surface area contributed by atoms with Crippen LogP contribution in [0.25, 0.3) is 10.9 Å². The van der Waals surface area contributed by atoms with E-state index in [-0.39, 0.29) is 17.1 Å². The first-order valence-electron chi connectivity index (χ1n) is 8.20. The van der Waals surface area contributed by atoms with Gasteiger partial charge < -0.3 is 10.3 Å². The summed E-state index contributed by atoms with van der Waals surface area (Å²) < 4.78 is 22.9. The van der Waals surface area contributed by atoms with Crippen molar-refractivity contribution in [1.82, 2.24) is 10.3 Å². The van der Waals surface area contributed by atoms with Gasteiger partial charge in [0.15, 0.2) is 0 Å². The Hall–Kier alpha value is -1.82. The highest BCUT2D eigenvalue weighted by atomic mass is 32.2. The summed E-state index contributed by atoms with van der Waals surface area (Å²) in [6.45, 7) is 4.60. The van der Waals surface area contributed by atoms with Gasteiger partial charge in [-0.2, -0.15) is 0 Å². The van der Waals surface area contributed by atoms with Crippen molar-refractivity contribution in [3.63, 3.8) is 0 Å². The highest BCUT2D eigenvalue weighted by Crippen LogP contribution is 2.49. The van der Waals surface area contributed by atoms with E-state index in [0.29, 0.717) is 13.0 Å². The molecule has 0 unspecified atom stereocenters. The van der Waals surface area contributed by atoms with Gasteiger partial charge in [0.05, 0.1) is 5.75 Å². The van der Waals surface area contributed by atoms with Crippen LogP contribution in [0.3, 0.4) is 0 Å². The van der Waals surface area contributed by atoms with Crippen LogP contribution in [0.4, 0.5) is 0 Å². The van der Waals surface area contributed by atoms with Gasteiger partial charge >= 0.3 is 0 Å². The van der Waals surface area contributed by atoms with Crippen molar-refractivity contribution in [3.8, 4) is 0 Å². The van der Waals surface area contributed by atoms with Crippen molar-refractivity contribution in [2.24, 2.45) is 5.41 Å². The quantitative estimate of drug-likeness (QED) is 0.842. The summed E-state index contributed by atoms with van der Waals surface area (Å²) in [6.07, 6.45) is 3.18. The molecule has 0 aliphatic heterocycles. The molecular weight excluding hydrogens is 324 g/mol. The van der Waals surface area contributed by atoms with E-state index in [9.17, 15) is 13.2 Å². The number of carbonyl (C=O) groups is 1. The summed E-state index contributed by atoms with van der Waals surface area (Å²) in [4.78, 5) is 15.5. The number of nitrogens with one attached hydrogen (secondary N) is 2. The van der Waals surface area contributed by atoms with E-state index in [2.05, 4.69) is 23.3 Å². The lowest BCUT2D eigenvalue weighted by atomic mass is 10.0. The zero-order valence-electron chi connectivity index (χ0n) is 14.4. The molecule has 1 heterocycles. The summed E-state index contributed by atoms with van der Waals surface area (Å²) in [5.74, 6) is 0.0412. The molecule has 5 nitrogen and oxygen atoms in total. The highest BCUT2D eigenvalue weighted by Gasteiger charge is 2.46. The van der Waals surface area contributed by atoms with Gasteiger partial charge in [0.2, 0.25) is 5.91 Å². The maximum atomic E-state index is 12.2. The van der Waals surface area contributed by atoms with Gasteiger partial charge in [-0.05, 0) is 55.4 Å². The molecule has 24 heavy (non-hydrogen) atoms. The van der Waals surface area contributed by atoms with Crippen LogP contribution in [0.1, 0.15) is 36.1 Å². The monoisotopic (exact) mass is 348 g/mol. The lowest BCUT2D eigenvalue weighted by Gasteiger charge is -2.13. The zero-order valence-corrected chi connectivity index (χ0v) is 15.2. The van der Waals surface area contributed by atoms with Gasteiger partial charge in [0.1, 0.15) is 9.84 Å². The number of hydrogen-bond donors (Lipinski definition) is 2. The maximum Gasteiger partial charge on any atom is 0.220 e. The molecule has 1 aromatic heterocycles. The Morgan fingerprint density at radius 3 is 2.62 bits per heavy atom. The highest BCUT2D eigenvalue weighted by molar-refractivity contribution is 7.90. The first kappa shape index (κ1) is 17.0. The van der Waals surface area contributed by atoms with Crippen LogP contribution in [0.15, 0.2) is 18.2 Å². The third-order valence-corrected chi connectivity index (χ3v) is 6.06. The number of rotatable bonds is 6. The molecule has 130 valence electrons. The fourth-order valence-electron chi connectivity index (χ4n) is 3.33. The molecular formula is C18H24N2O3S. The van der Waals surface area contributed by atoms with Gasteiger partial charge in [-0.15, -0.1) is 0 Å². The summed E-state index contributed by atoms with van der Waals surface area (Å²) in [5, 5.41) is 4.10. The molecule has 0 radical (unpaired) electrons. The maximum absolute atomic E-state index is 12.2. The van der Waals surface area contributed by atoms with Crippen LogP contribution in [0.5, 0.6) is 0 Å². The molecule has 2 N–H and O–H groups in total. The van der Waals surface area contributed by atoms with E-state index in [1.165, 1.54) is 17.2 Å². The molecule has 1 aliphatic rings. The van der Waals surface area contributed by atoms with Crippen LogP contribution < -0.4 is 5.32 Å². The number of sulfone groups is 1. The number of amides is 1. The van der Waals surface area contributed by atoms with E-state index in [4.69, 9.17) is 0 Å². The number of H-pyrrole nitrogens is 1. The minimum absolute atomic E-state index is 0.0711. The van der Waals surface area contributed by atoms with Crippen LogP contribution in [-0.4, -0.2) is 31.3 Å². The van der Waals surface area contributed by atoms with Gasteiger partial charge in [-0.25, -0.2) is 8.42 Å². The van der Waals surface area contributed by atoms with E-state index < -0.39 is 9.84 Å². The van der Waals surface area contributed by atoms with Crippen molar-refractivity contribution in [3.05, 3.63) is 35.0 Å². The summed E-state index contributed by atoms with van der Waals surface area (Å²) in [5.41, 5.74) is 4.21. The van der Waals surface area contributed by atoms with Gasteiger partial charge in [-0.3, -0.25) is 4.79 Å². The van der Waals surface area contributed by atoms with Gasteiger partial charge in [-0.1, -0.05) is 6.07 Å². The third kappa shape index (κ3) is 3.80. The van der Waals surface area contributed by atoms with Crippen LogP contribution in [0.2, 0.25) is 0 Å². The van der Waals surface area contributed by atoms with E-state index in [0.717, 1.165) is 29.6 Å². The molecule has 1 amide bonds. The van der Waals surface area contributed by atoms with Crippen LogP contribution in [0, 0.1) is 19.3 Å². The largest absolute Gasteiger partial charge is 0.358 e. The van der Waals surface area contributed by atoms with Crippen LogP contribution in [-0.2, 0) is 21.2 Å². The Balaban J connectivity index is 1.61. The van der Waals surface area contributed by atoms with Crippen molar-refractivity contribution < 1.29 is 13.2 Å². The number of aromatic amines is 1. The molecule has 1 aliphatic carbocycles. The predicted octanol–water partition coefficient (Wildman–Crippen LogP) is 2.62. The SMILES string of the molecule is Cc1[nH]c2ccc(CNC(=O)CC3(CS(C)(=O)=O)CC3)cc2c1C. The molecule has 0 saturated heterocycles. The van der Waals surface area contributed by atoms with Crippen molar-refractivity contribution >= 4 is 26.6 Å². The first-order valence-corrected chi connectivity index (χ1v) is 10.3. The minimum atomic E-state index is -3.04. The average Bonchev–Trinajstić information content (AvgIpc) is 3.15. The van der Waals surface area contributed by atoms with E-state index in [1.807, 2.05) is 19.1 Å². The van der Waals surface area contributed by atoms with E-state index >= 15 is 0 Å². The number of benzene rings is 1. The van der Waals surface area contributed by atoms with Gasteiger partial charge in [0, 0.05) is 35.8 Å². The third-order valence-electron chi connectivity index (χ3n) is 4.92. The smallest absolute Gasteiger partial charge is 0.220 e. The second-order valence-corrected chi connectivity index (χ2v) is 9.42. The molecule has 1 fully saturated rings. The molecule has 6 heteroatoms. The fourth-order valence-corrected chi connectivity index (χ4v) is 4.83. The van der Waals surface area contributed by atoms with Crippen molar-refractivity contribution in [2.45, 2.75) is 39.7 Å². The Bertz CT molecular complexity index is 892. The lowest BCUT2D eigenvalue weighted by Crippen LogP contribution is -2.28. The number of aromatic nitrogens is 1. The second-order valence-electron chi connectivity index (χ2n) is 7.28. The van der Waals surface area contributed by atoms with Gasteiger partial charge in [0.25, 0.3) is 0 Å². The number of fused-ring (bicyclic) bond motifs is 1. The van der Waals surface area contributed by atoms with Crippen LogP contribution >= 0.6 is 0 Å². The molecule has 0 spiro atoms. The number of aryl methyl sites for hydroxylation is 2. The molecule has 1 aromatic carbocycles. The Kier molecular flexibility index (Phi) is 4.20. The summed E-state index contributed by atoms with van der Waals surface area (Å²) in [6, 6.07) is 6.13. The second kappa shape index (κ2) is 5.92. The predicted molar refractivity (Wildman–Crippen MR) is 95.6 cm³/mol. The standard InChI is InChI=1S/C18H24N2O3S/c1-12-13(2)20-16-5-4-14(8-15(12)16)10-19-17(21)9-18(6-7-18)11-24(3,22)23/h4-5,8,20H,6-7,9-11H2,1-3H3,(H,19,21). The Labute approximate surface area is 142 Å². The molecule has 3 rings (SSSR count). The topological polar surface area (TPSA) is 79.0 Å². The first-order chi connectivity index (χ1) is 11.2. The minimum Gasteiger partial charge on any atom is -0.358 e.